The quantitative estimate of drug-likeness (QED) is 0.792. The van der Waals surface area contributed by atoms with E-state index < -0.39 is 0 Å². The zero-order valence-electron chi connectivity index (χ0n) is 8.79. The molecule has 1 aromatic rings. The van der Waals surface area contributed by atoms with Crippen LogP contribution in [0.3, 0.4) is 0 Å². The largest absolute Gasteiger partial charge is 0.310 e. The molecule has 1 saturated heterocycles. The summed E-state index contributed by atoms with van der Waals surface area (Å²) in [6.45, 7) is 5.64. The second-order valence-electron chi connectivity index (χ2n) is 4.12. The average Bonchev–Trinajstić information content (AvgIpc) is 2.02. The van der Waals surface area contributed by atoms with Crippen molar-refractivity contribution in [1.29, 1.82) is 0 Å². The molecule has 1 aliphatic heterocycles. The first-order chi connectivity index (χ1) is 6.27. The van der Waals surface area contributed by atoms with Gasteiger partial charge in [-0.1, -0.05) is 38.1 Å². The molecule has 14 heavy (non-hydrogen) atoms. The van der Waals surface area contributed by atoms with E-state index in [-0.39, 0.29) is 12.4 Å². The maximum atomic E-state index is 3.41. The highest BCUT2D eigenvalue weighted by Crippen LogP contribution is 2.24. The fraction of sp³-hybridized carbons (Fsp3) is 0.500. The van der Waals surface area contributed by atoms with Crippen LogP contribution < -0.4 is 5.32 Å². The van der Waals surface area contributed by atoms with E-state index in [4.69, 9.17) is 0 Å². The first-order valence-electron chi connectivity index (χ1n) is 5.10. The van der Waals surface area contributed by atoms with Crippen molar-refractivity contribution < 1.29 is 0 Å². The van der Waals surface area contributed by atoms with Gasteiger partial charge in [-0.2, -0.15) is 0 Å². The Bertz CT molecular complexity index is 275. The van der Waals surface area contributed by atoms with Crippen LogP contribution in [0.2, 0.25) is 0 Å². The van der Waals surface area contributed by atoms with E-state index in [1.807, 2.05) is 0 Å². The standard InChI is InChI=1S/C12H17N.ClH/c1-9(2)10-3-5-11(6-4-10)12-7-8-13-12;/h3-6,9,12-13H,7-8H2,1-2H3;1H/t12-;/m1./s1. The molecule has 1 aliphatic rings. The van der Waals surface area contributed by atoms with Crippen LogP contribution in [0.15, 0.2) is 24.3 Å². The number of benzene rings is 1. The number of nitrogens with one attached hydrogen (secondary N) is 1. The maximum Gasteiger partial charge on any atom is 0.0332 e. The van der Waals surface area contributed by atoms with Gasteiger partial charge in [0.2, 0.25) is 0 Å². The van der Waals surface area contributed by atoms with E-state index in [1.165, 1.54) is 24.1 Å². The molecule has 0 amide bonds. The molecule has 1 fully saturated rings. The minimum Gasteiger partial charge on any atom is -0.310 e. The summed E-state index contributed by atoms with van der Waals surface area (Å²) in [6, 6.07) is 9.64. The highest BCUT2D eigenvalue weighted by atomic mass is 35.5. The third-order valence-electron chi connectivity index (χ3n) is 2.83. The summed E-state index contributed by atoms with van der Waals surface area (Å²) in [4.78, 5) is 0. The molecule has 0 saturated carbocycles. The molecule has 1 atom stereocenters. The fourth-order valence-electron chi connectivity index (χ4n) is 1.69. The zero-order chi connectivity index (χ0) is 9.26. The van der Waals surface area contributed by atoms with Crippen molar-refractivity contribution in [2.24, 2.45) is 0 Å². The molecule has 0 aliphatic carbocycles. The van der Waals surface area contributed by atoms with Gasteiger partial charge in [-0.25, -0.2) is 0 Å². The Balaban J connectivity index is 0.000000980. The van der Waals surface area contributed by atoms with Crippen molar-refractivity contribution in [3.8, 4) is 0 Å². The van der Waals surface area contributed by atoms with Crippen molar-refractivity contribution in [1.82, 2.24) is 5.32 Å². The lowest BCUT2D eigenvalue weighted by atomic mass is 9.95. The van der Waals surface area contributed by atoms with E-state index in [0.717, 1.165) is 0 Å². The number of hydrogen-bond donors (Lipinski definition) is 1. The zero-order valence-corrected chi connectivity index (χ0v) is 9.60. The third-order valence-corrected chi connectivity index (χ3v) is 2.83. The molecule has 0 spiro atoms. The minimum absolute atomic E-state index is 0. The maximum absolute atomic E-state index is 3.41. The van der Waals surface area contributed by atoms with Crippen LogP contribution in [-0.4, -0.2) is 6.54 Å². The fourth-order valence-corrected chi connectivity index (χ4v) is 1.69. The lowest BCUT2D eigenvalue weighted by Gasteiger charge is -2.28. The molecule has 1 aromatic carbocycles. The molecule has 1 N–H and O–H groups in total. The minimum atomic E-state index is 0. The van der Waals surface area contributed by atoms with Crippen LogP contribution >= 0.6 is 12.4 Å². The first kappa shape index (κ1) is 11.5. The Morgan fingerprint density at radius 1 is 1.21 bits per heavy atom. The smallest absolute Gasteiger partial charge is 0.0332 e. The van der Waals surface area contributed by atoms with Gasteiger partial charge in [0.25, 0.3) is 0 Å². The van der Waals surface area contributed by atoms with E-state index in [9.17, 15) is 0 Å². The summed E-state index contributed by atoms with van der Waals surface area (Å²) in [5.41, 5.74) is 2.87. The van der Waals surface area contributed by atoms with Crippen LogP contribution in [0.25, 0.3) is 0 Å². The van der Waals surface area contributed by atoms with Gasteiger partial charge in [-0.3, -0.25) is 0 Å². The van der Waals surface area contributed by atoms with E-state index in [2.05, 4.69) is 43.4 Å². The van der Waals surface area contributed by atoms with Crippen molar-refractivity contribution in [2.75, 3.05) is 6.54 Å². The van der Waals surface area contributed by atoms with Gasteiger partial charge in [-0.15, -0.1) is 12.4 Å². The second kappa shape index (κ2) is 4.81. The van der Waals surface area contributed by atoms with Gasteiger partial charge in [0, 0.05) is 6.04 Å². The summed E-state index contributed by atoms with van der Waals surface area (Å²) in [6.07, 6.45) is 1.29. The molecule has 1 heterocycles. The Morgan fingerprint density at radius 2 is 1.79 bits per heavy atom. The van der Waals surface area contributed by atoms with Gasteiger partial charge in [0.1, 0.15) is 0 Å². The molecular formula is C12H18ClN. The Labute approximate surface area is 92.3 Å². The molecule has 1 nitrogen and oxygen atoms in total. The SMILES string of the molecule is CC(C)c1ccc([C@H]2CCN2)cc1.Cl. The number of halogens is 1. The van der Waals surface area contributed by atoms with Crippen molar-refractivity contribution in [2.45, 2.75) is 32.2 Å². The highest BCUT2D eigenvalue weighted by molar-refractivity contribution is 5.85. The van der Waals surface area contributed by atoms with E-state index in [1.54, 1.807) is 0 Å². The highest BCUT2D eigenvalue weighted by Gasteiger charge is 2.17. The predicted molar refractivity (Wildman–Crippen MR) is 63.1 cm³/mol. The summed E-state index contributed by atoms with van der Waals surface area (Å²) >= 11 is 0. The van der Waals surface area contributed by atoms with Gasteiger partial charge in [-0.05, 0) is 30.0 Å². The second-order valence-corrected chi connectivity index (χ2v) is 4.12. The van der Waals surface area contributed by atoms with Crippen molar-refractivity contribution >= 4 is 12.4 Å². The van der Waals surface area contributed by atoms with Gasteiger partial charge in [0.05, 0.1) is 0 Å². The molecule has 0 aromatic heterocycles. The molecule has 0 unspecified atom stereocenters. The van der Waals surface area contributed by atoms with Crippen molar-refractivity contribution in [3.05, 3.63) is 35.4 Å². The molecular weight excluding hydrogens is 194 g/mol. The molecule has 0 bridgehead atoms. The average molecular weight is 212 g/mol. The Kier molecular flexibility index (Phi) is 3.97. The molecule has 0 radical (unpaired) electrons. The van der Waals surface area contributed by atoms with Gasteiger partial charge < -0.3 is 5.32 Å². The monoisotopic (exact) mass is 211 g/mol. The Morgan fingerprint density at radius 3 is 2.14 bits per heavy atom. The van der Waals surface area contributed by atoms with E-state index in [0.29, 0.717) is 12.0 Å². The molecule has 2 rings (SSSR count). The van der Waals surface area contributed by atoms with E-state index >= 15 is 0 Å². The lowest BCUT2D eigenvalue weighted by Crippen LogP contribution is -2.34. The number of rotatable bonds is 2. The molecule has 2 heteroatoms. The van der Waals surface area contributed by atoms with Crippen LogP contribution in [0.5, 0.6) is 0 Å². The van der Waals surface area contributed by atoms with Crippen LogP contribution in [-0.2, 0) is 0 Å². The lowest BCUT2D eigenvalue weighted by molar-refractivity contribution is 0.383. The summed E-state index contributed by atoms with van der Waals surface area (Å²) < 4.78 is 0. The summed E-state index contributed by atoms with van der Waals surface area (Å²) in [7, 11) is 0. The normalized spacial score (nSPS) is 20.1. The van der Waals surface area contributed by atoms with Crippen LogP contribution in [0, 0.1) is 0 Å². The van der Waals surface area contributed by atoms with Gasteiger partial charge >= 0.3 is 0 Å². The van der Waals surface area contributed by atoms with Crippen LogP contribution in [0.1, 0.15) is 43.4 Å². The number of hydrogen-bond acceptors (Lipinski definition) is 1. The first-order valence-corrected chi connectivity index (χ1v) is 5.10. The van der Waals surface area contributed by atoms with Crippen molar-refractivity contribution in [3.63, 3.8) is 0 Å². The predicted octanol–water partition coefficient (Wildman–Crippen LogP) is 3.27. The summed E-state index contributed by atoms with van der Waals surface area (Å²) in [5.74, 6) is 0.642. The van der Waals surface area contributed by atoms with Crippen LogP contribution in [0.4, 0.5) is 0 Å². The Hall–Kier alpha value is -0.530. The molecule has 78 valence electrons. The third kappa shape index (κ3) is 2.28. The summed E-state index contributed by atoms with van der Waals surface area (Å²) in [5, 5.41) is 3.41. The van der Waals surface area contributed by atoms with Gasteiger partial charge in [0.15, 0.2) is 0 Å². The topological polar surface area (TPSA) is 12.0 Å².